The van der Waals surface area contributed by atoms with Crippen molar-refractivity contribution in [1.29, 1.82) is 0 Å². The molecular weight excluding hydrogens is 237 g/mol. The fraction of sp³-hybridized carbons (Fsp3) is 1.00. The first kappa shape index (κ1) is 13.3. The van der Waals surface area contributed by atoms with Gasteiger partial charge in [0.25, 0.3) is 0 Å². The average Bonchev–Trinajstić information content (AvgIpc) is 1.64. The van der Waals surface area contributed by atoms with Gasteiger partial charge < -0.3 is 28.5 Å². The van der Waals surface area contributed by atoms with Crippen LogP contribution in [0.2, 0.25) is 0 Å². The van der Waals surface area contributed by atoms with Crippen molar-refractivity contribution in [2.45, 2.75) is 26.7 Å². The number of hydrogen-bond donors (Lipinski definition) is 0. The van der Waals surface area contributed by atoms with E-state index in [1.807, 2.05) is 0 Å². The molecule has 0 aliphatic rings. The van der Waals surface area contributed by atoms with Gasteiger partial charge in [-0.15, -0.1) is 0 Å². The molecule has 0 saturated carbocycles. The molecule has 0 aromatic rings. The van der Waals surface area contributed by atoms with E-state index in [0.717, 1.165) is 0 Å². The fourth-order valence-corrected chi connectivity index (χ4v) is 1.32. The van der Waals surface area contributed by atoms with Crippen molar-refractivity contribution < 1.29 is 28.5 Å². The minimum atomic E-state index is 0. The van der Waals surface area contributed by atoms with E-state index in [9.17, 15) is 0 Å². The Morgan fingerprint density at radius 3 is 1.40 bits per heavy atom. The maximum atomic E-state index is 2.30. The molecule has 0 rings (SSSR count). The van der Waals surface area contributed by atoms with Crippen molar-refractivity contribution in [3.8, 4) is 0 Å². The molecule has 2 heteroatoms. The minimum Gasteiger partial charge on any atom is -1.00 e. The summed E-state index contributed by atoms with van der Waals surface area (Å²) in [4.78, 5) is 0. The summed E-state index contributed by atoms with van der Waals surface area (Å²) in [5.74, 6) is 0. The summed E-state index contributed by atoms with van der Waals surface area (Å²) in [6.45, 7) is 7.12. The molecule has 0 spiro atoms. The fourth-order valence-electron chi connectivity index (χ4n) is 1.32. The predicted molar refractivity (Wildman–Crippen MR) is 42.4 cm³/mol. The smallest absolute Gasteiger partial charge is 0.0779 e. The van der Waals surface area contributed by atoms with Crippen LogP contribution in [-0.4, -0.2) is 31.7 Å². The molecule has 0 aliphatic heterocycles. The lowest BCUT2D eigenvalue weighted by atomic mass is 10.3. The number of nitrogens with zero attached hydrogens (tertiary/aromatic N) is 1. The Morgan fingerprint density at radius 1 is 0.900 bits per heavy atom. The van der Waals surface area contributed by atoms with Crippen LogP contribution in [0, 0.1) is 0 Å². The second-order valence-corrected chi connectivity index (χ2v) is 3.38. The summed E-state index contributed by atoms with van der Waals surface area (Å²) in [7, 11) is 4.60. The molecule has 0 unspecified atom stereocenters. The molecule has 0 aromatic carbocycles. The lowest BCUT2D eigenvalue weighted by Crippen LogP contribution is -3.00. The maximum Gasteiger partial charge on any atom is 0.0779 e. The molecule has 0 saturated heterocycles. The van der Waals surface area contributed by atoms with Gasteiger partial charge in [0.1, 0.15) is 0 Å². The molecule has 0 heterocycles. The second kappa shape index (κ2) is 6.40. The van der Waals surface area contributed by atoms with Crippen LogP contribution in [0.15, 0.2) is 0 Å². The van der Waals surface area contributed by atoms with E-state index in [1.54, 1.807) is 0 Å². The first-order valence-corrected chi connectivity index (χ1v) is 3.94. The van der Waals surface area contributed by atoms with Gasteiger partial charge in [0.05, 0.1) is 27.2 Å². The van der Waals surface area contributed by atoms with Crippen LogP contribution in [0.5, 0.6) is 0 Å². The van der Waals surface area contributed by atoms with Crippen molar-refractivity contribution >= 4 is 0 Å². The Balaban J connectivity index is 0. The van der Waals surface area contributed by atoms with Crippen molar-refractivity contribution in [3.05, 3.63) is 0 Å². The number of rotatable bonds is 4. The van der Waals surface area contributed by atoms with E-state index in [-0.39, 0.29) is 24.0 Å². The quantitative estimate of drug-likeness (QED) is 0.442. The highest BCUT2D eigenvalue weighted by molar-refractivity contribution is 4.30. The summed E-state index contributed by atoms with van der Waals surface area (Å²) < 4.78 is 1.19. The molecule has 0 N–H and O–H groups in total. The second-order valence-electron chi connectivity index (χ2n) is 3.38. The topological polar surface area (TPSA) is 0 Å². The van der Waals surface area contributed by atoms with Crippen LogP contribution >= 0.6 is 0 Å². The Kier molecular flexibility index (Phi) is 8.51. The van der Waals surface area contributed by atoms with Gasteiger partial charge in [-0.2, -0.15) is 0 Å². The third-order valence-corrected chi connectivity index (χ3v) is 1.66. The number of hydrogen-bond acceptors (Lipinski definition) is 0. The van der Waals surface area contributed by atoms with Gasteiger partial charge in [0.15, 0.2) is 0 Å². The van der Waals surface area contributed by atoms with E-state index in [0.29, 0.717) is 0 Å². The molecule has 0 aromatic heterocycles. The van der Waals surface area contributed by atoms with Crippen LogP contribution < -0.4 is 24.0 Å². The number of quaternary nitrogens is 1. The highest BCUT2D eigenvalue weighted by Crippen LogP contribution is 1.99. The van der Waals surface area contributed by atoms with Crippen molar-refractivity contribution in [2.24, 2.45) is 0 Å². The summed E-state index contributed by atoms with van der Waals surface area (Å²) in [6.07, 6.45) is 2.60. The SMILES string of the molecule is CCC[N+](C)(C)CCC.[I-]. The van der Waals surface area contributed by atoms with Gasteiger partial charge in [0, 0.05) is 0 Å². The summed E-state index contributed by atoms with van der Waals surface area (Å²) in [5.41, 5.74) is 0. The predicted octanol–water partition coefficient (Wildman–Crippen LogP) is -1.11. The minimum absolute atomic E-state index is 0. The standard InChI is InChI=1S/C8H20N.HI/c1-5-7-9(3,4)8-6-2;/h5-8H2,1-4H3;1H/q+1;/p-1. The molecule has 0 atom stereocenters. The monoisotopic (exact) mass is 257 g/mol. The molecular formula is C8H20IN. The Bertz CT molecular complexity index is 63.7. The van der Waals surface area contributed by atoms with E-state index in [4.69, 9.17) is 0 Å². The van der Waals surface area contributed by atoms with Crippen molar-refractivity contribution in [3.63, 3.8) is 0 Å². The lowest BCUT2D eigenvalue weighted by Gasteiger charge is -2.28. The summed E-state index contributed by atoms with van der Waals surface area (Å²) >= 11 is 0. The van der Waals surface area contributed by atoms with E-state index in [2.05, 4.69) is 27.9 Å². The molecule has 0 bridgehead atoms. The third-order valence-electron chi connectivity index (χ3n) is 1.66. The van der Waals surface area contributed by atoms with Crippen LogP contribution in [0.1, 0.15) is 26.7 Å². The van der Waals surface area contributed by atoms with Crippen molar-refractivity contribution in [2.75, 3.05) is 27.2 Å². The highest BCUT2D eigenvalue weighted by atomic mass is 127. The van der Waals surface area contributed by atoms with Gasteiger partial charge in [0.2, 0.25) is 0 Å². The molecule has 64 valence electrons. The van der Waals surface area contributed by atoms with Gasteiger partial charge in [-0.1, -0.05) is 13.8 Å². The van der Waals surface area contributed by atoms with E-state index >= 15 is 0 Å². The molecule has 0 fully saturated rings. The maximum absolute atomic E-state index is 2.30. The van der Waals surface area contributed by atoms with E-state index < -0.39 is 0 Å². The molecule has 0 radical (unpaired) electrons. The molecule has 0 amide bonds. The van der Waals surface area contributed by atoms with Crippen LogP contribution in [0.25, 0.3) is 0 Å². The van der Waals surface area contributed by atoms with E-state index in [1.165, 1.54) is 30.4 Å². The average molecular weight is 257 g/mol. The van der Waals surface area contributed by atoms with Crippen LogP contribution in [-0.2, 0) is 0 Å². The number of halogens is 1. The normalized spacial score (nSPS) is 10.8. The van der Waals surface area contributed by atoms with Gasteiger partial charge in [-0.05, 0) is 12.8 Å². The Morgan fingerprint density at radius 2 is 1.20 bits per heavy atom. The Hall–Kier alpha value is 0.690. The molecule has 10 heavy (non-hydrogen) atoms. The molecule has 1 nitrogen and oxygen atoms in total. The molecule has 0 aliphatic carbocycles. The van der Waals surface area contributed by atoms with Gasteiger partial charge in [-0.25, -0.2) is 0 Å². The first-order valence-electron chi connectivity index (χ1n) is 3.94. The summed E-state index contributed by atoms with van der Waals surface area (Å²) in [6, 6.07) is 0. The zero-order chi connectivity index (χ0) is 7.33. The van der Waals surface area contributed by atoms with Crippen molar-refractivity contribution in [1.82, 2.24) is 0 Å². The van der Waals surface area contributed by atoms with Crippen LogP contribution in [0.3, 0.4) is 0 Å². The lowest BCUT2D eigenvalue weighted by molar-refractivity contribution is -0.890. The Labute approximate surface area is 82.4 Å². The summed E-state index contributed by atoms with van der Waals surface area (Å²) in [5, 5.41) is 0. The van der Waals surface area contributed by atoms with Gasteiger partial charge >= 0.3 is 0 Å². The first-order chi connectivity index (χ1) is 4.12. The largest absolute Gasteiger partial charge is 1.00 e. The highest BCUT2D eigenvalue weighted by Gasteiger charge is 2.09. The third kappa shape index (κ3) is 6.81. The van der Waals surface area contributed by atoms with Crippen LogP contribution in [0.4, 0.5) is 0 Å². The zero-order valence-corrected chi connectivity index (χ0v) is 9.81. The van der Waals surface area contributed by atoms with Gasteiger partial charge in [-0.3, -0.25) is 0 Å². The zero-order valence-electron chi connectivity index (χ0n) is 7.65.